The molecule has 0 aromatic heterocycles. The predicted molar refractivity (Wildman–Crippen MR) is 81.9 cm³/mol. The van der Waals surface area contributed by atoms with E-state index in [9.17, 15) is 5.11 Å². The van der Waals surface area contributed by atoms with Gasteiger partial charge in [0.15, 0.2) is 11.5 Å². The average molecular weight is 301 g/mol. The zero-order valence-corrected chi connectivity index (χ0v) is 13.5. The molecule has 0 radical (unpaired) electrons. The first kappa shape index (κ1) is 14.1. The number of benzene rings is 1. The lowest BCUT2D eigenvalue weighted by Crippen LogP contribution is -2.47. The third-order valence-corrected chi connectivity index (χ3v) is 5.51. The van der Waals surface area contributed by atoms with Gasteiger partial charge in [0.25, 0.3) is 0 Å². The molecule has 3 atom stereocenters. The van der Waals surface area contributed by atoms with Crippen molar-refractivity contribution in [2.75, 3.05) is 27.7 Å². The second-order valence-corrected chi connectivity index (χ2v) is 7.48. The molecule has 118 valence electrons. The number of methoxy groups -OCH3 is 1. The molecular formula is C18H23NO3. The largest absolute Gasteiger partial charge is 0.849 e. The van der Waals surface area contributed by atoms with Crippen LogP contribution in [0.2, 0.25) is 0 Å². The molecule has 2 aliphatic heterocycles. The highest BCUT2D eigenvalue weighted by molar-refractivity contribution is 5.60. The fourth-order valence-electron chi connectivity index (χ4n) is 4.35. The fourth-order valence-corrected chi connectivity index (χ4v) is 4.35. The van der Waals surface area contributed by atoms with E-state index < -0.39 is 6.10 Å². The number of hydrogen-bond donors (Lipinski definition) is 0. The molecule has 4 nitrogen and oxygen atoms in total. The summed E-state index contributed by atoms with van der Waals surface area (Å²) in [5.41, 5.74) is 2.45. The zero-order valence-electron chi connectivity index (χ0n) is 13.5. The Balaban J connectivity index is 1.96. The number of rotatable bonds is 1. The molecule has 1 aromatic carbocycles. The predicted octanol–water partition coefficient (Wildman–Crippen LogP) is 1.36. The molecule has 1 aromatic rings. The summed E-state index contributed by atoms with van der Waals surface area (Å²) in [5, 5.41) is 12.0. The van der Waals surface area contributed by atoms with Crippen molar-refractivity contribution < 1.29 is 19.1 Å². The van der Waals surface area contributed by atoms with E-state index in [4.69, 9.17) is 9.47 Å². The first-order valence-corrected chi connectivity index (χ1v) is 7.99. The molecular weight excluding hydrogens is 278 g/mol. The molecule has 0 saturated carbocycles. The van der Waals surface area contributed by atoms with Crippen molar-refractivity contribution in [1.82, 2.24) is 0 Å². The quantitative estimate of drug-likeness (QED) is 0.581. The molecule has 22 heavy (non-hydrogen) atoms. The molecule has 0 amide bonds. The van der Waals surface area contributed by atoms with Gasteiger partial charge in [-0.05, 0) is 18.6 Å². The normalized spacial score (nSPS) is 34.4. The van der Waals surface area contributed by atoms with Gasteiger partial charge in [-0.25, -0.2) is 0 Å². The lowest BCUT2D eigenvalue weighted by Gasteiger charge is -2.39. The molecule has 1 spiro atoms. The van der Waals surface area contributed by atoms with Crippen molar-refractivity contribution >= 4 is 0 Å². The molecule has 0 fully saturated rings. The summed E-state index contributed by atoms with van der Waals surface area (Å²) in [6, 6.07) is 4.18. The summed E-state index contributed by atoms with van der Waals surface area (Å²) in [6.45, 7) is 2.06. The molecule has 2 heterocycles. The molecule has 0 bridgehead atoms. The van der Waals surface area contributed by atoms with Gasteiger partial charge in [0.1, 0.15) is 12.6 Å². The van der Waals surface area contributed by atoms with E-state index in [0.717, 1.165) is 35.5 Å². The first-order valence-electron chi connectivity index (χ1n) is 7.99. The van der Waals surface area contributed by atoms with Crippen molar-refractivity contribution in [3.8, 4) is 11.5 Å². The van der Waals surface area contributed by atoms with E-state index >= 15 is 0 Å². The number of quaternary nitrogens is 1. The average Bonchev–Trinajstić information content (AvgIpc) is 2.74. The van der Waals surface area contributed by atoms with E-state index in [-0.39, 0.29) is 11.5 Å². The molecule has 0 unspecified atom stereocenters. The van der Waals surface area contributed by atoms with Crippen LogP contribution in [0.15, 0.2) is 24.3 Å². The van der Waals surface area contributed by atoms with Gasteiger partial charge in [-0.3, -0.25) is 0 Å². The van der Waals surface area contributed by atoms with Crippen LogP contribution in [0.5, 0.6) is 11.5 Å². The van der Waals surface area contributed by atoms with Crippen LogP contribution in [0.4, 0.5) is 0 Å². The smallest absolute Gasteiger partial charge is 0.166 e. The second kappa shape index (κ2) is 4.49. The van der Waals surface area contributed by atoms with Crippen molar-refractivity contribution in [2.45, 2.75) is 37.0 Å². The Morgan fingerprint density at radius 1 is 1.36 bits per heavy atom. The highest BCUT2D eigenvalue weighted by Crippen LogP contribution is 2.55. The SMILES string of the molecule is COc1ccc2c3c1O[C@H]1C[C@@H]([O-])C=C[C@@]31CC[N+](C)(C)C2. The third kappa shape index (κ3) is 1.83. The topological polar surface area (TPSA) is 41.5 Å². The fraction of sp³-hybridized carbons (Fsp3) is 0.556. The Kier molecular flexibility index (Phi) is 2.88. The Bertz CT molecular complexity index is 652. The van der Waals surface area contributed by atoms with Crippen LogP contribution in [0.3, 0.4) is 0 Å². The summed E-state index contributed by atoms with van der Waals surface area (Å²) >= 11 is 0. The number of nitrogens with zero attached hydrogens (tertiary/aromatic N) is 1. The highest BCUT2D eigenvalue weighted by Gasteiger charge is 2.53. The lowest BCUT2D eigenvalue weighted by atomic mass is 9.69. The Hall–Kier alpha value is -1.52. The van der Waals surface area contributed by atoms with Gasteiger partial charge in [0.2, 0.25) is 0 Å². The summed E-state index contributed by atoms with van der Waals surface area (Å²) in [4.78, 5) is 0. The number of hydrogen-bond acceptors (Lipinski definition) is 3. The minimum absolute atomic E-state index is 0.0526. The van der Waals surface area contributed by atoms with Gasteiger partial charge in [-0.15, -0.1) is 12.2 Å². The Morgan fingerprint density at radius 2 is 2.18 bits per heavy atom. The van der Waals surface area contributed by atoms with Crippen LogP contribution < -0.4 is 14.6 Å². The molecule has 4 rings (SSSR count). The van der Waals surface area contributed by atoms with Gasteiger partial charge < -0.3 is 19.1 Å². The third-order valence-electron chi connectivity index (χ3n) is 5.51. The molecule has 4 heteroatoms. The van der Waals surface area contributed by atoms with Crippen LogP contribution in [0, 0.1) is 0 Å². The Morgan fingerprint density at radius 3 is 2.95 bits per heavy atom. The van der Waals surface area contributed by atoms with Crippen LogP contribution >= 0.6 is 0 Å². The summed E-state index contributed by atoms with van der Waals surface area (Å²) in [7, 11) is 6.22. The summed E-state index contributed by atoms with van der Waals surface area (Å²) < 4.78 is 12.7. The maximum Gasteiger partial charge on any atom is 0.166 e. The maximum absolute atomic E-state index is 12.0. The van der Waals surface area contributed by atoms with E-state index in [1.165, 1.54) is 11.1 Å². The second-order valence-electron chi connectivity index (χ2n) is 7.48. The van der Waals surface area contributed by atoms with Crippen LogP contribution in [-0.4, -0.2) is 44.4 Å². The van der Waals surface area contributed by atoms with Crippen LogP contribution in [0.25, 0.3) is 0 Å². The van der Waals surface area contributed by atoms with Gasteiger partial charge >= 0.3 is 0 Å². The van der Waals surface area contributed by atoms with Gasteiger partial charge in [0, 0.05) is 17.5 Å². The minimum atomic E-state index is -0.662. The van der Waals surface area contributed by atoms with Crippen molar-refractivity contribution in [2.24, 2.45) is 0 Å². The van der Waals surface area contributed by atoms with Crippen molar-refractivity contribution in [3.05, 3.63) is 35.4 Å². The van der Waals surface area contributed by atoms with Gasteiger partial charge in [0.05, 0.1) is 33.2 Å². The maximum atomic E-state index is 12.0. The molecule has 1 aliphatic carbocycles. The molecule has 0 saturated heterocycles. The molecule has 3 aliphatic rings. The molecule has 0 N–H and O–H groups in total. The van der Waals surface area contributed by atoms with E-state index in [0.29, 0.717) is 6.42 Å². The summed E-state index contributed by atoms with van der Waals surface area (Å²) in [6.07, 6.45) is 4.82. The van der Waals surface area contributed by atoms with E-state index in [1.807, 2.05) is 12.1 Å². The Labute approximate surface area is 131 Å². The van der Waals surface area contributed by atoms with Crippen molar-refractivity contribution in [1.29, 1.82) is 0 Å². The van der Waals surface area contributed by atoms with Gasteiger partial charge in [-0.1, -0.05) is 6.08 Å². The van der Waals surface area contributed by atoms with Crippen LogP contribution in [0.1, 0.15) is 24.0 Å². The zero-order chi connectivity index (χ0) is 15.5. The summed E-state index contributed by atoms with van der Waals surface area (Å²) in [5.74, 6) is 1.65. The monoisotopic (exact) mass is 301 g/mol. The van der Waals surface area contributed by atoms with Gasteiger partial charge in [-0.2, -0.15) is 0 Å². The first-order chi connectivity index (χ1) is 10.5. The van der Waals surface area contributed by atoms with E-state index in [2.05, 4.69) is 26.2 Å². The number of ether oxygens (including phenoxy) is 2. The highest BCUT2D eigenvalue weighted by atomic mass is 16.5. The van der Waals surface area contributed by atoms with Crippen LogP contribution in [-0.2, 0) is 12.0 Å². The lowest BCUT2D eigenvalue weighted by molar-refractivity contribution is -0.903. The van der Waals surface area contributed by atoms with Crippen molar-refractivity contribution in [3.63, 3.8) is 0 Å². The van der Waals surface area contributed by atoms with E-state index in [1.54, 1.807) is 7.11 Å². The standard InChI is InChI=1S/C18H23NO3/c1-19(2)9-8-18-7-6-13(20)10-15(18)22-17-14(21-3)5-4-12(11-19)16(17)18/h4-7,13,15H,8-11H2,1-3H3/t13-,15-,18-/m0/s1. The minimum Gasteiger partial charge on any atom is -0.849 e.